The van der Waals surface area contributed by atoms with Crippen LogP contribution >= 0.6 is 0 Å². The van der Waals surface area contributed by atoms with Crippen LogP contribution in [0.4, 0.5) is 8.78 Å². The lowest BCUT2D eigenvalue weighted by molar-refractivity contribution is -0.144. The second-order valence-electron chi connectivity index (χ2n) is 4.25. The molecule has 0 unspecified atom stereocenters. The van der Waals surface area contributed by atoms with Crippen molar-refractivity contribution in [1.82, 2.24) is 4.90 Å². The third-order valence-corrected chi connectivity index (χ3v) is 2.63. The van der Waals surface area contributed by atoms with Crippen molar-refractivity contribution in [3.63, 3.8) is 0 Å². The fourth-order valence-corrected chi connectivity index (χ4v) is 1.84. The molecular weight excluding hydrogens is 280 g/mol. The summed E-state index contributed by atoms with van der Waals surface area (Å²) in [6.07, 6.45) is 1.63. The standard InChI is InChI=1S/C15H19F2NO3/c1-3-9-18(11-14(19)20-4-2)10-12-7-5-6-8-13(12)21-15(16)17/h3,5-8,15H,1,4,9-11H2,2H3. The van der Waals surface area contributed by atoms with Gasteiger partial charge in [0, 0.05) is 18.7 Å². The van der Waals surface area contributed by atoms with Crippen LogP contribution in [0.2, 0.25) is 0 Å². The molecule has 0 aliphatic rings. The van der Waals surface area contributed by atoms with Crippen molar-refractivity contribution in [2.75, 3.05) is 19.7 Å². The number of para-hydroxylation sites is 1. The lowest BCUT2D eigenvalue weighted by Crippen LogP contribution is -2.31. The minimum Gasteiger partial charge on any atom is -0.465 e. The van der Waals surface area contributed by atoms with Crippen molar-refractivity contribution in [2.45, 2.75) is 20.1 Å². The Morgan fingerprint density at radius 3 is 2.76 bits per heavy atom. The molecule has 0 N–H and O–H groups in total. The van der Waals surface area contributed by atoms with Crippen molar-refractivity contribution in [1.29, 1.82) is 0 Å². The minimum atomic E-state index is -2.89. The van der Waals surface area contributed by atoms with Crippen LogP contribution in [0.25, 0.3) is 0 Å². The highest BCUT2D eigenvalue weighted by Gasteiger charge is 2.15. The molecule has 6 heteroatoms. The summed E-state index contributed by atoms with van der Waals surface area (Å²) in [7, 11) is 0. The van der Waals surface area contributed by atoms with E-state index in [1.165, 1.54) is 6.07 Å². The summed E-state index contributed by atoms with van der Waals surface area (Å²) in [5.41, 5.74) is 0.573. The molecule has 1 aromatic rings. The van der Waals surface area contributed by atoms with Crippen LogP contribution in [-0.4, -0.2) is 37.2 Å². The largest absolute Gasteiger partial charge is 0.465 e. The highest BCUT2D eigenvalue weighted by Crippen LogP contribution is 2.21. The molecule has 0 fully saturated rings. The van der Waals surface area contributed by atoms with Gasteiger partial charge < -0.3 is 9.47 Å². The van der Waals surface area contributed by atoms with E-state index in [0.717, 1.165) is 0 Å². The fraction of sp³-hybridized carbons (Fsp3) is 0.400. The normalized spacial score (nSPS) is 10.7. The van der Waals surface area contributed by atoms with E-state index in [1.807, 2.05) is 0 Å². The lowest BCUT2D eigenvalue weighted by atomic mass is 10.2. The summed E-state index contributed by atoms with van der Waals surface area (Å²) in [5, 5.41) is 0. The van der Waals surface area contributed by atoms with Gasteiger partial charge in [0.15, 0.2) is 0 Å². The number of carbonyl (C=O) groups is 1. The molecule has 4 nitrogen and oxygen atoms in total. The van der Waals surface area contributed by atoms with Gasteiger partial charge in [-0.2, -0.15) is 8.78 Å². The molecular formula is C15H19F2NO3. The molecule has 0 radical (unpaired) electrons. The second kappa shape index (κ2) is 9.07. The molecule has 0 atom stereocenters. The Balaban J connectivity index is 2.78. The van der Waals surface area contributed by atoms with Gasteiger partial charge in [0.2, 0.25) is 0 Å². The average molecular weight is 299 g/mol. The van der Waals surface area contributed by atoms with Crippen LogP contribution in [-0.2, 0) is 16.1 Å². The molecule has 0 aromatic heterocycles. The number of benzene rings is 1. The Hall–Kier alpha value is -1.95. The number of hydrogen-bond donors (Lipinski definition) is 0. The maximum absolute atomic E-state index is 12.4. The van der Waals surface area contributed by atoms with Gasteiger partial charge in [-0.05, 0) is 13.0 Å². The van der Waals surface area contributed by atoms with Crippen LogP contribution < -0.4 is 4.74 Å². The maximum Gasteiger partial charge on any atom is 0.387 e. The predicted octanol–water partition coefficient (Wildman–Crippen LogP) is 2.84. The zero-order chi connectivity index (χ0) is 15.7. The second-order valence-corrected chi connectivity index (χ2v) is 4.25. The van der Waals surface area contributed by atoms with E-state index in [-0.39, 0.29) is 24.8 Å². The molecule has 0 saturated heterocycles. The quantitative estimate of drug-likeness (QED) is 0.519. The Bertz CT molecular complexity index is 466. The number of ether oxygens (including phenoxy) is 2. The van der Waals surface area contributed by atoms with Gasteiger partial charge in [0.05, 0.1) is 13.2 Å². The fourth-order valence-electron chi connectivity index (χ4n) is 1.84. The number of halogens is 2. The Kier molecular flexibility index (Phi) is 7.39. The summed E-state index contributed by atoms with van der Waals surface area (Å²) in [5.74, 6) is -0.267. The van der Waals surface area contributed by atoms with Crippen LogP contribution in [0.5, 0.6) is 5.75 Å². The Morgan fingerprint density at radius 1 is 1.43 bits per heavy atom. The Labute approximate surface area is 123 Å². The van der Waals surface area contributed by atoms with Crippen molar-refractivity contribution < 1.29 is 23.0 Å². The monoisotopic (exact) mass is 299 g/mol. The molecule has 0 bridgehead atoms. The van der Waals surface area contributed by atoms with Crippen molar-refractivity contribution >= 4 is 5.97 Å². The van der Waals surface area contributed by atoms with Crippen molar-refractivity contribution in [2.24, 2.45) is 0 Å². The van der Waals surface area contributed by atoms with Gasteiger partial charge in [0.25, 0.3) is 0 Å². The van der Waals surface area contributed by atoms with Gasteiger partial charge >= 0.3 is 12.6 Å². The first-order valence-corrected chi connectivity index (χ1v) is 6.58. The summed E-state index contributed by atoms with van der Waals surface area (Å²) in [4.78, 5) is 13.3. The minimum absolute atomic E-state index is 0.0584. The zero-order valence-electron chi connectivity index (χ0n) is 11.9. The molecule has 0 spiro atoms. The van der Waals surface area contributed by atoms with E-state index in [1.54, 1.807) is 36.1 Å². The Morgan fingerprint density at radius 2 is 2.14 bits per heavy atom. The number of hydrogen-bond acceptors (Lipinski definition) is 4. The van der Waals surface area contributed by atoms with Gasteiger partial charge in [-0.25, -0.2) is 0 Å². The maximum atomic E-state index is 12.4. The molecule has 0 saturated carbocycles. The van der Waals surface area contributed by atoms with E-state index < -0.39 is 6.61 Å². The van der Waals surface area contributed by atoms with Crippen LogP contribution in [0.3, 0.4) is 0 Å². The molecule has 0 aliphatic heterocycles. The summed E-state index contributed by atoms with van der Waals surface area (Å²) in [6.45, 7) is 3.53. The SMILES string of the molecule is C=CCN(CC(=O)OCC)Cc1ccccc1OC(F)F. The number of carbonyl (C=O) groups excluding carboxylic acids is 1. The van der Waals surface area contributed by atoms with Crippen molar-refractivity contribution in [3.05, 3.63) is 42.5 Å². The summed E-state index contributed by atoms with van der Waals surface area (Å²) < 4.78 is 34.1. The van der Waals surface area contributed by atoms with E-state index in [9.17, 15) is 13.6 Å². The third kappa shape index (κ3) is 6.35. The van der Waals surface area contributed by atoms with Crippen LogP contribution in [0, 0.1) is 0 Å². The molecule has 0 aliphatic carbocycles. The lowest BCUT2D eigenvalue weighted by Gasteiger charge is -2.21. The van der Waals surface area contributed by atoms with Gasteiger partial charge in [-0.1, -0.05) is 24.3 Å². The highest BCUT2D eigenvalue weighted by molar-refractivity contribution is 5.71. The molecule has 0 heterocycles. The number of nitrogens with zero attached hydrogens (tertiary/aromatic N) is 1. The van der Waals surface area contributed by atoms with Crippen molar-refractivity contribution in [3.8, 4) is 5.75 Å². The smallest absolute Gasteiger partial charge is 0.387 e. The van der Waals surface area contributed by atoms with Gasteiger partial charge in [0.1, 0.15) is 5.75 Å². The highest BCUT2D eigenvalue weighted by atomic mass is 19.3. The first-order valence-electron chi connectivity index (χ1n) is 6.58. The molecule has 0 amide bonds. The predicted molar refractivity (Wildman–Crippen MR) is 75.2 cm³/mol. The number of alkyl halides is 2. The topological polar surface area (TPSA) is 38.8 Å². The molecule has 1 rings (SSSR count). The van der Waals surface area contributed by atoms with E-state index in [2.05, 4.69) is 11.3 Å². The zero-order valence-corrected chi connectivity index (χ0v) is 11.9. The van der Waals surface area contributed by atoms with E-state index in [4.69, 9.17) is 4.74 Å². The van der Waals surface area contributed by atoms with Gasteiger partial charge in [-0.15, -0.1) is 6.58 Å². The number of esters is 1. The average Bonchev–Trinajstić information content (AvgIpc) is 2.41. The molecule has 21 heavy (non-hydrogen) atoms. The van der Waals surface area contributed by atoms with Gasteiger partial charge in [-0.3, -0.25) is 9.69 Å². The third-order valence-electron chi connectivity index (χ3n) is 2.63. The van der Waals surface area contributed by atoms with Crippen LogP contribution in [0.15, 0.2) is 36.9 Å². The summed E-state index contributed by atoms with van der Waals surface area (Å²) >= 11 is 0. The summed E-state index contributed by atoms with van der Waals surface area (Å²) in [6, 6.07) is 6.49. The van der Waals surface area contributed by atoms with E-state index in [0.29, 0.717) is 18.7 Å². The first-order chi connectivity index (χ1) is 10.1. The van der Waals surface area contributed by atoms with Crippen LogP contribution in [0.1, 0.15) is 12.5 Å². The van der Waals surface area contributed by atoms with E-state index >= 15 is 0 Å². The molecule has 116 valence electrons. The first kappa shape index (κ1) is 17.1. The number of rotatable bonds is 9. The molecule has 1 aromatic carbocycles.